The van der Waals surface area contributed by atoms with Crippen molar-refractivity contribution in [3.63, 3.8) is 0 Å². The summed E-state index contributed by atoms with van der Waals surface area (Å²) in [7, 11) is 0. The number of nitrogens with zero attached hydrogens (tertiary/aromatic N) is 2. The van der Waals surface area contributed by atoms with Gasteiger partial charge in [-0.2, -0.15) is 0 Å². The van der Waals surface area contributed by atoms with Crippen molar-refractivity contribution in [1.82, 2.24) is 9.13 Å². The summed E-state index contributed by atoms with van der Waals surface area (Å²) in [6.07, 6.45) is 0. The second kappa shape index (κ2) is 12.7. The fourth-order valence-corrected chi connectivity index (χ4v) is 8.35. The van der Waals surface area contributed by atoms with Gasteiger partial charge in [-0.05, 0) is 64.7 Å². The smallest absolute Gasteiger partial charge is 0.186 e. The number of fused-ring (bicyclic) bond motifs is 7. The molecule has 0 radical (unpaired) electrons. The van der Waals surface area contributed by atoms with Crippen LogP contribution in [0.3, 0.4) is 0 Å². The molecule has 0 saturated carbocycles. The van der Waals surface area contributed by atoms with Gasteiger partial charge in [0.2, 0.25) is 0 Å². The lowest BCUT2D eigenvalue weighted by atomic mass is 9.98. The minimum absolute atomic E-state index is 0.386. The first-order valence-electron chi connectivity index (χ1n) is 18.3. The quantitative estimate of drug-likeness (QED) is 0.0632. The van der Waals surface area contributed by atoms with E-state index in [-0.39, 0.29) is 5.69 Å². The summed E-state index contributed by atoms with van der Waals surface area (Å²) in [4.78, 5) is 0. The number of para-hydroxylation sites is 2. The number of benzene rings is 8. The van der Waals surface area contributed by atoms with Crippen molar-refractivity contribution < 1.29 is 40.9 Å². The van der Waals surface area contributed by atoms with Gasteiger partial charge >= 0.3 is 0 Å². The average molecular weight is 765 g/mol. The fraction of sp³-hybridized carbons (Fsp3) is 0. The topological polar surface area (TPSA) is 172 Å². The second-order valence-corrected chi connectivity index (χ2v) is 14.2. The number of phenols is 8. The summed E-state index contributed by atoms with van der Waals surface area (Å²) in [6, 6.07) is 46.9. The highest BCUT2D eigenvalue weighted by Crippen LogP contribution is 2.60. The van der Waals surface area contributed by atoms with E-state index < -0.39 is 57.1 Å². The van der Waals surface area contributed by atoms with Crippen molar-refractivity contribution in [2.24, 2.45) is 0 Å². The first-order valence-corrected chi connectivity index (χ1v) is 18.3. The molecule has 2 aromatic heterocycles. The third-order valence-corrected chi connectivity index (χ3v) is 11.0. The van der Waals surface area contributed by atoms with Gasteiger partial charge in [-0.3, -0.25) is 0 Å². The minimum atomic E-state index is -1.04. The van der Waals surface area contributed by atoms with Gasteiger partial charge in [0, 0.05) is 33.3 Å². The molecule has 0 amide bonds. The molecule has 0 bridgehead atoms. The van der Waals surface area contributed by atoms with Gasteiger partial charge in [-0.15, -0.1) is 0 Å². The Kier molecular flexibility index (Phi) is 7.47. The maximum atomic E-state index is 11.6. The van der Waals surface area contributed by atoms with E-state index in [4.69, 9.17) is 0 Å². The molecule has 0 atom stereocenters. The van der Waals surface area contributed by atoms with Crippen molar-refractivity contribution in [3.8, 4) is 90.8 Å². The Morgan fingerprint density at radius 2 is 0.759 bits per heavy atom. The summed E-state index contributed by atoms with van der Waals surface area (Å²) >= 11 is 0. The van der Waals surface area contributed by atoms with Crippen LogP contribution >= 0.6 is 0 Å². The molecule has 2 heterocycles. The van der Waals surface area contributed by atoms with Gasteiger partial charge in [-0.25, -0.2) is 0 Å². The molecule has 0 spiro atoms. The first kappa shape index (κ1) is 34.3. The lowest BCUT2D eigenvalue weighted by molar-refractivity contribution is 0.365. The normalized spacial score (nSPS) is 11.7. The van der Waals surface area contributed by atoms with Gasteiger partial charge in [0.25, 0.3) is 0 Å². The van der Waals surface area contributed by atoms with Crippen molar-refractivity contribution in [2.45, 2.75) is 0 Å². The Balaban J connectivity index is 1.19. The monoisotopic (exact) mass is 764 g/mol. The van der Waals surface area contributed by atoms with Crippen LogP contribution in [0.25, 0.3) is 88.4 Å². The van der Waals surface area contributed by atoms with Gasteiger partial charge in [0.15, 0.2) is 46.0 Å². The number of aromatic nitrogens is 2. The van der Waals surface area contributed by atoms with E-state index in [9.17, 15) is 40.9 Å². The van der Waals surface area contributed by atoms with Gasteiger partial charge in [-0.1, -0.05) is 97.1 Å². The fourth-order valence-electron chi connectivity index (χ4n) is 8.35. The Hall–Kier alpha value is -8.24. The highest BCUT2D eigenvalue weighted by molar-refractivity contribution is 6.29. The van der Waals surface area contributed by atoms with Crippen LogP contribution in [0.1, 0.15) is 0 Å². The number of phenolic OH excluding ortho intramolecular Hbond substituents is 8. The Morgan fingerprint density at radius 3 is 1.33 bits per heavy atom. The minimum Gasteiger partial charge on any atom is -0.504 e. The maximum Gasteiger partial charge on any atom is 0.186 e. The van der Waals surface area contributed by atoms with Crippen LogP contribution in [0.15, 0.2) is 146 Å². The van der Waals surface area contributed by atoms with Gasteiger partial charge in [0.05, 0.1) is 33.2 Å². The van der Waals surface area contributed by atoms with Crippen LogP contribution in [0.2, 0.25) is 0 Å². The molecule has 10 aromatic rings. The molecule has 0 unspecified atom stereocenters. The van der Waals surface area contributed by atoms with E-state index >= 15 is 0 Å². The zero-order chi connectivity index (χ0) is 40.0. The standard InChI is InChI=1S/C48H32N2O8/c51-36-24-37(52)44(54)40(43(36)53)41-45(55)47(57)42(48(58)46(41)56)50-33-16-7-5-14-31(33)39-35(50)22-21-34-38(39)30-13-4-6-15-32(30)49(34)29-19-17-26(18-20-29)28-12-8-11-27(23-28)25-9-2-1-3-10-25/h1-24,51-58H. The largest absolute Gasteiger partial charge is 0.504 e. The van der Waals surface area contributed by atoms with E-state index in [1.165, 1.54) is 4.57 Å². The molecule has 10 heteroatoms. The van der Waals surface area contributed by atoms with Crippen molar-refractivity contribution in [2.75, 3.05) is 0 Å². The Morgan fingerprint density at radius 1 is 0.310 bits per heavy atom. The Labute approximate surface area is 329 Å². The SMILES string of the molecule is Oc1cc(O)c(O)c(-c2c(O)c(O)c(-n3c4ccccc4c4c5c6ccccc6n(-c6ccc(-c7cccc(-c8ccccc8)c7)cc6)c5ccc43)c(O)c2O)c1O. The molecule has 0 aliphatic heterocycles. The second-order valence-electron chi connectivity index (χ2n) is 14.2. The molecule has 10 nitrogen and oxygen atoms in total. The lowest BCUT2D eigenvalue weighted by Crippen LogP contribution is -1.98. The molecule has 58 heavy (non-hydrogen) atoms. The summed E-state index contributed by atoms with van der Waals surface area (Å²) < 4.78 is 3.70. The number of aromatic hydroxyl groups is 8. The van der Waals surface area contributed by atoms with Crippen LogP contribution in [0.4, 0.5) is 0 Å². The molecular formula is C48H32N2O8. The summed E-state index contributed by atoms with van der Waals surface area (Å²) in [5.41, 5.74) is 6.22. The van der Waals surface area contributed by atoms with E-state index in [0.29, 0.717) is 17.1 Å². The van der Waals surface area contributed by atoms with E-state index in [2.05, 4.69) is 65.2 Å². The summed E-state index contributed by atoms with van der Waals surface area (Å²) in [5, 5.41) is 90.9. The number of hydrogen-bond donors (Lipinski definition) is 8. The zero-order valence-corrected chi connectivity index (χ0v) is 30.3. The van der Waals surface area contributed by atoms with Gasteiger partial charge < -0.3 is 50.0 Å². The van der Waals surface area contributed by atoms with E-state index in [1.807, 2.05) is 66.7 Å². The van der Waals surface area contributed by atoms with Crippen LogP contribution in [0, 0.1) is 0 Å². The summed E-state index contributed by atoms with van der Waals surface area (Å²) in [6.45, 7) is 0. The predicted molar refractivity (Wildman–Crippen MR) is 225 cm³/mol. The average Bonchev–Trinajstić information content (AvgIpc) is 3.77. The molecule has 10 rings (SSSR count). The van der Waals surface area contributed by atoms with Crippen molar-refractivity contribution in [1.29, 1.82) is 0 Å². The third-order valence-electron chi connectivity index (χ3n) is 11.0. The molecule has 8 N–H and O–H groups in total. The van der Waals surface area contributed by atoms with Crippen LogP contribution in [-0.2, 0) is 0 Å². The first-order chi connectivity index (χ1) is 28.1. The molecule has 0 aliphatic rings. The number of rotatable bonds is 5. The molecule has 0 fully saturated rings. The third kappa shape index (κ3) is 4.85. The molecule has 282 valence electrons. The highest BCUT2D eigenvalue weighted by atomic mass is 16.3. The molecular weight excluding hydrogens is 733 g/mol. The van der Waals surface area contributed by atoms with Crippen LogP contribution < -0.4 is 0 Å². The maximum absolute atomic E-state index is 11.6. The highest BCUT2D eigenvalue weighted by Gasteiger charge is 2.32. The van der Waals surface area contributed by atoms with E-state index in [0.717, 1.165) is 60.5 Å². The number of hydrogen-bond acceptors (Lipinski definition) is 8. The predicted octanol–water partition coefficient (Wildman–Crippen LogP) is 10.5. The summed E-state index contributed by atoms with van der Waals surface area (Å²) in [5.74, 6) is -7.72. The van der Waals surface area contributed by atoms with Crippen LogP contribution in [0.5, 0.6) is 46.0 Å². The van der Waals surface area contributed by atoms with Crippen LogP contribution in [-0.4, -0.2) is 50.0 Å². The molecule has 8 aromatic carbocycles. The lowest BCUT2D eigenvalue weighted by Gasteiger charge is -2.19. The zero-order valence-electron chi connectivity index (χ0n) is 30.3. The van der Waals surface area contributed by atoms with Gasteiger partial charge in [0.1, 0.15) is 5.69 Å². The molecule has 0 saturated heterocycles. The Bertz CT molecular complexity index is 3260. The van der Waals surface area contributed by atoms with Crippen molar-refractivity contribution >= 4 is 43.6 Å². The van der Waals surface area contributed by atoms with E-state index in [1.54, 1.807) is 12.1 Å². The molecule has 0 aliphatic carbocycles. The van der Waals surface area contributed by atoms with Crippen molar-refractivity contribution in [3.05, 3.63) is 146 Å².